The Balaban J connectivity index is 1.07. The standard InChI is InChI=1S/C34H33ClN12O8S2/c1-34(2,32(53)54)55-41-23(19-15-57-33(36)38-19)29(51)39-24-30(52)47-25(27-40-42-43-44(27)3)17(14-56-31(24)47)13-45-9-7-20-16(12-45)6-10-46(20)11-8-37-28(50)18-4-5-21(48)26(49)22(18)35/h4-7,9-10,12,15,24,31H,8,11,13-14H2,1-3H3,(H6-,36,37,38,39,41,42,43,48,49,50,51,53,54)/p+1. The fourth-order valence-electron chi connectivity index (χ4n) is 6.08. The number of β-lactam (4-membered cyclic amide) rings is 1. The van der Waals surface area contributed by atoms with E-state index in [0.717, 1.165) is 27.8 Å². The number of carboxylic acid groups (broad SMARTS) is 1. The van der Waals surface area contributed by atoms with Crippen molar-refractivity contribution in [2.75, 3.05) is 18.0 Å². The molecule has 2 atom stereocenters. The Labute approximate surface area is 335 Å². The number of hydrogen-bond acceptors (Lipinski definition) is 15. The number of amides is 3. The van der Waals surface area contributed by atoms with Crippen LogP contribution in [0.4, 0.5) is 5.13 Å². The molecule has 5 aromatic rings. The first-order valence-corrected chi connectivity index (χ1v) is 19.3. The Morgan fingerprint density at radius 1 is 1.21 bits per heavy atom. The Morgan fingerprint density at radius 2 is 2.00 bits per heavy atom. The molecule has 2 unspecified atom stereocenters. The van der Waals surface area contributed by atoms with E-state index in [1.807, 2.05) is 39.9 Å². The maximum absolute atomic E-state index is 13.9. The minimum atomic E-state index is -1.76. The lowest BCUT2D eigenvalue weighted by molar-refractivity contribution is -0.687. The minimum Gasteiger partial charge on any atom is -0.504 e. The smallest absolute Gasteiger partial charge is 0.350 e. The quantitative estimate of drug-likeness (QED) is 0.0319. The number of thioether (sulfide) groups is 1. The summed E-state index contributed by atoms with van der Waals surface area (Å²) >= 11 is 8.52. The number of tetrazole rings is 1. The Hall–Kier alpha value is -6.26. The number of aliphatic carboxylic acids is 1. The van der Waals surface area contributed by atoms with E-state index >= 15 is 0 Å². The molecule has 0 saturated carbocycles. The second-order valence-corrected chi connectivity index (χ2v) is 15.7. The highest BCUT2D eigenvalue weighted by molar-refractivity contribution is 8.00. The van der Waals surface area contributed by atoms with Gasteiger partial charge in [0.1, 0.15) is 17.1 Å². The van der Waals surface area contributed by atoms with Crippen LogP contribution in [0.1, 0.15) is 35.7 Å². The number of carboxylic acids is 1. The van der Waals surface area contributed by atoms with Gasteiger partial charge in [-0.3, -0.25) is 19.3 Å². The van der Waals surface area contributed by atoms with Gasteiger partial charge in [-0.1, -0.05) is 16.8 Å². The molecule has 57 heavy (non-hydrogen) atoms. The highest BCUT2D eigenvalue weighted by Crippen LogP contribution is 2.43. The van der Waals surface area contributed by atoms with E-state index in [-0.39, 0.29) is 33.7 Å². The van der Waals surface area contributed by atoms with E-state index in [1.54, 1.807) is 11.9 Å². The third-order valence-corrected chi connectivity index (χ3v) is 11.5. The van der Waals surface area contributed by atoms with Crippen molar-refractivity contribution in [3.63, 3.8) is 0 Å². The third-order valence-electron chi connectivity index (χ3n) is 9.14. The van der Waals surface area contributed by atoms with Crippen molar-refractivity contribution < 1.29 is 43.9 Å². The summed E-state index contributed by atoms with van der Waals surface area (Å²) in [5.74, 6) is -3.21. The predicted molar refractivity (Wildman–Crippen MR) is 206 cm³/mol. The molecular formula is C34H34ClN12O8S2+. The van der Waals surface area contributed by atoms with Gasteiger partial charge < -0.3 is 41.1 Å². The zero-order valence-electron chi connectivity index (χ0n) is 30.3. The van der Waals surface area contributed by atoms with Crippen LogP contribution in [0.5, 0.6) is 11.5 Å². The number of fused-ring (bicyclic) bond motifs is 2. The number of nitrogens with one attached hydrogen (secondary N) is 2. The summed E-state index contributed by atoms with van der Waals surface area (Å²) in [4.78, 5) is 62.7. The number of pyridine rings is 1. The van der Waals surface area contributed by atoms with Crippen molar-refractivity contribution in [2.24, 2.45) is 12.2 Å². The molecule has 296 valence electrons. The number of rotatable bonds is 13. The molecule has 1 aromatic carbocycles. The van der Waals surface area contributed by atoms with Crippen LogP contribution in [0.2, 0.25) is 5.02 Å². The van der Waals surface area contributed by atoms with E-state index in [1.165, 1.54) is 47.8 Å². The van der Waals surface area contributed by atoms with Crippen molar-refractivity contribution in [3.05, 3.63) is 75.9 Å². The van der Waals surface area contributed by atoms with Crippen LogP contribution in [-0.2, 0) is 39.4 Å². The van der Waals surface area contributed by atoms with E-state index in [9.17, 15) is 34.5 Å². The number of aromatic hydroxyl groups is 2. The molecule has 0 radical (unpaired) electrons. The van der Waals surface area contributed by atoms with Gasteiger partial charge in [0.25, 0.3) is 17.7 Å². The number of aryl methyl sites for hydroxylation is 1. The number of aromatic nitrogens is 7. The van der Waals surface area contributed by atoms with Gasteiger partial charge in [-0.15, -0.1) is 28.2 Å². The third kappa shape index (κ3) is 7.52. The zero-order valence-corrected chi connectivity index (χ0v) is 32.7. The SMILES string of the molecule is Cn1nnnc1C1=C(C[n+]2ccc3c(ccn3CCNC(=O)c3ccc(O)c(O)c3Cl)c2)CSC2C(NC(=O)/C(=N\OC(C)(C)C(=O)O)c3csc(N)n3)C(=O)N12. The summed E-state index contributed by atoms with van der Waals surface area (Å²) in [6.45, 7) is 3.60. The molecule has 2 aliphatic heterocycles. The first kappa shape index (κ1) is 39.0. The van der Waals surface area contributed by atoms with Gasteiger partial charge in [0.15, 0.2) is 47.1 Å². The summed E-state index contributed by atoms with van der Waals surface area (Å²) in [6.07, 6.45) is 5.75. The molecular weight excluding hydrogens is 804 g/mol. The Kier molecular flexibility index (Phi) is 10.5. The molecule has 4 aromatic heterocycles. The zero-order chi connectivity index (χ0) is 40.8. The van der Waals surface area contributed by atoms with E-state index in [2.05, 4.69) is 36.3 Å². The van der Waals surface area contributed by atoms with E-state index < -0.39 is 52.2 Å². The summed E-state index contributed by atoms with van der Waals surface area (Å²) in [6, 6.07) is 5.42. The summed E-state index contributed by atoms with van der Waals surface area (Å²) < 4.78 is 5.41. The van der Waals surface area contributed by atoms with Crippen LogP contribution in [-0.4, -0.2) is 109 Å². The van der Waals surface area contributed by atoms with Crippen LogP contribution in [0.3, 0.4) is 0 Å². The number of hydrogen-bond donors (Lipinski definition) is 6. The number of carbonyl (C=O) groups is 4. The van der Waals surface area contributed by atoms with Crippen molar-refractivity contribution in [3.8, 4) is 11.5 Å². The average molecular weight is 838 g/mol. The van der Waals surface area contributed by atoms with Crippen molar-refractivity contribution in [1.29, 1.82) is 0 Å². The molecule has 23 heteroatoms. The highest BCUT2D eigenvalue weighted by Gasteiger charge is 2.54. The fraction of sp³-hybridized carbons (Fsp3) is 0.294. The topological polar surface area (TPSA) is 269 Å². The van der Waals surface area contributed by atoms with Crippen LogP contribution < -0.4 is 20.9 Å². The van der Waals surface area contributed by atoms with Gasteiger partial charge in [-0.25, -0.2) is 19.0 Å². The Bertz CT molecular complexity index is 2510. The van der Waals surface area contributed by atoms with E-state index in [4.69, 9.17) is 22.2 Å². The average Bonchev–Trinajstić information content (AvgIpc) is 3.92. The van der Waals surface area contributed by atoms with Crippen molar-refractivity contribution >= 4 is 85.8 Å². The van der Waals surface area contributed by atoms with Gasteiger partial charge in [0.2, 0.25) is 5.60 Å². The second kappa shape index (κ2) is 15.3. The normalized spacial score (nSPS) is 17.0. The molecule has 1 saturated heterocycles. The number of halogens is 1. The number of phenols is 2. The molecule has 20 nitrogen and oxygen atoms in total. The van der Waals surface area contributed by atoms with Crippen LogP contribution in [0.15, 0.2) is 59.0 Å². The lowest BCUT2D eigenvalue weighted by Crippen LogP contribution is -2.70. The van der Waals surface area contributed by atoms with Crippen molar-refractivity contribution in [1.82, 2.24) is 45.3 Å². The van der Waals surface area contributed by atoms with Gasteiger partial charge in [0.05, 0.1) is 27.2 Å². The first-order chi connectivity index (χ1) is 27.1. The molecule has 0 aliphatic carbocycles. The second-order valence-electron chi connectivity index (χ2n) is 13.4. The lowest BCUT2D eigenvalue weighted by Gasteiger charge is -2.49. The Morgan fingerprint density at radius 3 is 2.70 bits per heavy atom. The molecule has 7 rings (SSSR count). The number of benzene rings is 1. The summed E-state index contributed by atoms with van der Waals surface area (Å²) in [5.41, 5.74) is 6.04. The molecule has 7 N–H and O–H groups in total. The number of thiazole rings is 1. The maximum Gasteiger partial charge on any atom is 0.350 e. The number of nitrogens with zero attached hydrogens (tertiary/aromatic N) is 9. The molecule has 0 bridgehead atoms. The summed E-state index contributed by atoms with van der Waals surface area (Å²) in [7, 11) is 1.66. The largest absolute Gasteiger partial charge is 0.504 e. The van der Waals surface area contributed by atoms with Gasteiger partial charge in [-0.05, 0) is 42.5 Å². The molecule has 2 aliphatic rings. The number of oxime groups is 1. The van der Waals surface area contributed by atoms with Gasteiger partial charge >= 0.3 is 5.97 Å². The highest BCUT2D eigenvalue weighted by atomic mass is 35.5. The van der Waals surface area contributed by atoms with Crippen LogP contribution in [0.25, 0.3) is 16.6 Å². The molecule has 6 heterocycles. The first-order valence-electron chi connectivity index (χ1n) is 17.0. The number of carbonyl (C=O) groups excluding carboxylic acids is 3. The number of phenolic OH excluding ortho intramolecular Hbond substituents is 2. The van der Waals surface area contributed by atoms with Crippen molar-refractivity contribution in [2.45, 2.75) is 44.0 Å². The van der Waals surface area contributed by atoms with Gasteiger partial charge in [0, 0.05) is 49.1 Å². The fourth-order valence-corrected chi connectivity index (χ4v) is 8.20. The predicted octanol–water partition coefficient (Wildman–Crippen LogP) is 1.08. The maximum atomic E-state index is 13.9. The van der Waals surface area contributed by atoms with Gasteiger partial charge in [-0.2, -0.15) is 0 Å². The van der Waals surface area contributed by atoms with Crippen LogP contribution >= 0.6 is 34.7 Å². The molecule has 0 spiro atoms. The molecule has 3 amide bonds. The molecule has 1 fully saturated rings. The minimum absolute atomic E-state index is 0.0362. The number of nitrogen functional groups attached to an aromatic ring is 1. The van der Waals surface area contributed by atoms with Crippen LogP contribution in [0, 0.1) is 0 Å². The lowest BCUT2D eigenvalue weighted by atomic mass is 10.0. The number of nitrogens with two attached hydrogens (primary N) is 1. The number of anilines is 1. The summed E-state index contributed by atoms with van der Waals surface area (Å²) in [5, 5.41) is 52.0. The monoisotopic (exact) mass is 837 g/mol. The van der Waals surface area contributed by atoms with E-state index in [0.29, 0.717) is 30.4 Å².